The topological polar surface area (TPSA) is 81.8 Å². The van der Waals surface area contributed by atoms with Gasteiger partial charge in [-0.2, -0.15) is 0 Å². The first-order chi connectivity index (χ1) is 9.91. The fourth-order valence-corrected chi connectivity index (χ4v) is 2.76. The van der Waals surface area contributed by atoms with E-state index in [-0.39, 0.29) is 12.3 Å². The van der Waals surface area contributed by atoms with Crippen molar-refractivity contribution in [1.29, 1.82) is 0 Å². The molecule has 0 aromatic heterocycles. The second-order valence-corrected chi connectivity index (χ2v) is 5.85. The van der Waals surface area contributed by atoms with Gasteiger partial charge in [-0.05, 0) is 24.0 Å². The summed E-state index contributed by atoms with van der Waals surface area (Å²) in [7, 11) is 0. The van der Waals surface area contributed by atoms with E-state index in [0.717, 1.165) is 17.5 Å². The normalized spacial score (nSPS) is 15.7. The minimum atomic E-state index is -1.03. The van der Waals surface area contributed by atoms with E-state index in [2.05, 4.69) is 0 Å². The average molecular weight is 314 g/mol. The quantitative estimate of drug-likeness (QED) is 0.893. The van der Waals surface area contributed by atoms with E-state index in [1.54, 1.807) is 6.07 Å². The van der Waals surface area contributed by atoms with Crippen LogP contribution in [0.1, 0.15) is 37.3 Å². The molecule has 0 spiro atoms. The van der Waals surface area contributed by atoms with Crippen LogP contribution in [-0.2, 0) is 11.2 Å². The van der Waals surface area contributed by atoms with Gasteiger partial charge in [0.25, 0.3) is 0 Å². The van der Waals surface area contributed by atoms with Gasteiger partial charge in [0.2, 0.25) is 0 Å². The second-order valence-electron chi connectivity index (χ2n) is 5.44. The van der Waals surface area contributed by atoms with Crippen LogP contribution in [0.15, 0.2) is 6.07 Å². The standard InChI is InChI=1S/C15H20ClNO4/c1-8(2)12-9(7-11(17)15(18)19)6-10(16)13-14(12)21-5-3-4-20-13/h6,8,11H,3-5,7,17H2,1-2H3,(H,18,19). The molecule has 0 amide bonds. The van der Waals surface area contributed by atoms with Crippen LogP contribution in [0.3, 0.4) is 0 Å². The van der Waals surface area contributed by atoms with Crippen molar-refractivity contribution in [3.8, 4) is 11.5 Å². The highest BCUT2D eigenvalue weighted by Gasteiger charge is 2.25. The molecule has 1 aliphatic heterocycles. The Morgan fingerprint density at radius 2 is 2.00 bits per heavy atom. The van der Waals surface area contributed by atoms with Gasteiger partial charge in [-0.3, -0.25) is 4.79 Å². The third kappa shape index (κ3) is 3.41. The van der Waals surface area contributed by atoms with Crippen molar-refractivity contribution in [2.75, 3.05) is 13.2 Å². The molecule has 6 heteroatoms. The lowest BCUT2D eigenvalue weighted by Gasteiger charge is -2.21. The van der Waals surface area contributed by atoms with E-state index >= 15 is 0 Å². The minimum absolute atomic E-state index is 0.147. The summed E-state index contributed by atoms with van der Waals surface area (Å²) in [4.78, 5) is 11.0. The summed E-state index contributed by atoms with van der Waals surface area (Å²) >= 11 is 6.27. The van der Waals surface area contributed by atoms with Crippen molar-refractivity contribution in [2.45, 2.75) is 38.6 Å². The molecule has 3 N–H and O–H groups in total. The predicted molar refractivity (Wildman–Crippen MR) is 80.5 cm³/mol. The largest absolute Gasteiger partial charge is 0.489 e. The van der Waals surface area contributed by atoms with E-state index in [1.807, 2.05) is 13.8 Å². The van der Waals surface area contributed by atoms with Crippen molar-refractivity contribution < 1.29 is 19.4 Å². The van der Waals surface area contributed by atoms with Crippen LogP contribution >= 0.6 is 11.6 Å². The molecule has 0 aliphatic carbocycles. The molecular weight excluding hydrogens is 294 g/mol. The third-order valence-electron chi connectivity index (χ3n) is 3.43. The van der Waals surface area contributed by atoms with Crippen molar-refractivity contribution in [3.05, 3.63) is 22.2 Å². The van der Waals surface area contributed by atoms with Crippen LogP contribution < -0.4 is 15.2 Å². The van der Waals surface area contributed by atoms with Crippen LogP contribution in [0.25, 0.3) is 0 Å². The summed E-state index contributed by atoms with van der Waals surface area (Å²) in [6.07, 6.45) is 0.992. The molecule has 1 aromatic carbocycles. The monoisotopic (exact) mass is 313 g/mol. The van der Waals surface area contributed by atoms with Gasteiger partial charge < -0.3 is 20.3 Å². The number of carboxylic acid groups (broad SMARTS) is 1. The molecule has 1 unspecified atom stereocenters. The number of ether oxygens (including phenoxy) is 2. The van der Waals surface area contributed by atoms with Crippen molar-refractivity contribution in [3.63, 3.8) is 0 Å². The highest BCUT2D eigenvalue weighted by Crippen LogP contribution is 2.44. The third-order valence-corrected chi connectivity index (χ3v) is 3.71. The SMILES string of the molecule is CC(C)c1c(CC(N)C(=O)O)cc(Cl)c2c1OCCCO2. The molecule has 1 atom stereocenters. The van der Waals surface area contributed by atoms with Gasteiger partial charge in [0.15, 0.2) is 11.5 Å². The lowest BCUT2D eigenvalue weighted by molar-refractivity contribution is -0.138. The van der Waals surface area contributed by atoms with Crippen molar-refractivity contribution in [2.24, 2.45) is 5.73 Å². The van der Waals surface area contributed by atoms with Gasteiger partial charge >= 0.3 is 5.97 Å². The lowest BCUT2D eigenvalue weighted by atomic mass is 9.91. The number of benzene rings is 1. The summed E-state index contributed by atoms with van der Waals surface area (Å²) in [5.41, 5.74) is 7.38. The Morgan fingerprint density at radius 3 is 2.57 bits per heavy atom. The number of hydrogen-bond donors (Lipinski definition) is 2. The summed E-state index contributed by atoms with van der Waals surface area (Å²) in [6, 6.07) is 0.774. The molecule has 5 nitrogen and oxygen atoms in total. The van der Waals surface area contributed by atoms with Gasteiger partial charge in [-0.15, -0.1) is 0 Å². The smallest absolute Gasteiger partial charge is 0.320 e. The molecule has 0 saturated heterocycles. The number of fused-ring (bicyclic) bond motifs is 1. The number of carboxylic acids is 1. The zero-order valence-electron chi connectivity index (χ0n) is 12.2. The number of carbonyl (C=O) groups is 1. The average Bonchev–Trinajstić information content (AvgIpc) is 2.64. The predicted octanol–water partition coefficient (Wildman–Crippen LogP) is 2.58. The maximum absolute atomic E-state index is 11.0. The fourth-order valence-electron chi connectivity index (χ4n) is 2.48. The Bertz CT molecular complexity index is 545. The molecule has 116 valence electrons. The number of rotatable bonds is 4. The maximum Gasteiger partial charge on any atom is 0.320 e. The molecule has 1 aliphatic rings. The summed E-state index contributed by atoms with van der Waals surface area (Å²) in [5.74, 6) is 0.287. The van der Waals surface area contributed by atoms with Crippen LogP contribution in [0.4, 0.5) is 0 Å². The van der Waals surface area contributed by atoms with Gasteiger partial charge in [-0.1, -0.05) is 25.4 Å². The van der Waals surface area contributed by atoms with Crippen LogP contribution in [0.5, 0.6) is 11.5 Å². The van der Waals surface area contributed by atoms with Crippen LogP contribution in [-0.4, -0.2) is 30.3 Å². The molecule has 1 aromatic rings. The zero-order chi connectivity index (χ0) is 15.6. The first-order valence-corrected chi connectivity index (χ1v) is 7.38. The molecule has 0 bridgehead atoms. The van der Waals surface area contributed by atoms with Gasteiger partial charge in [0.05, 0.1) is 18.2 Å². The van der Waals surface area contributed by atoms with Gasteiger partial charge in [-0.25, -0.2) is 0 Å². The Hall–Kier alpha value is -1.46. The number of halogens is 1. The summed E-state index contributed by atoms with van der Waals surface area (Å²) in [6.45, 7) is 5.15. The van der Waals surface area contributed by atoms with E-state index in [4.69, 9.17) is 31.9 Å². The number of hydrogen-bond acceptors (Lipinski definition) is 4. The van der Waals surface area contributed by atoms with E-state index in [0.29, 0.717) is 29.7 Å². The highest BCUT2D eigenvalue weighted by molar-refractivity contribution is 6.32. The minimum Gasteiger partial charge on any atom is -0.489 e. The molecule has 0 fully saturated rings. The van der Waals surface area contributed by atoms with Gasteiger partial charge in [0.1, 0.15) is 6.04 Å². The summed E-state index contributed by atoms with van der Waals surface area (Å²) < 4.78 is 11.5. The van der Waals surface area contributed by atoms with E-state index in [1.165, 1.54) is 0 Å². The lowest BCUT2D eigenvalue weighted by Crippen LogP contribution is -2.32. The first-order valence-electron chi connectivity index (χ1n) is 7.01. The Kier molecular flexibility index (Phi) is 4.96. The molecule has 1 heterocycles. The van der Waals surface area contributed by atoms with Crippen molar-refractivity contribution in [1.82, 2.24) is 0 Å². The molecule has 0 saturated carbocycles. The highest BCUT2D eigenvalue weighted by atomic mass is 35.5. The summed E-state index contributed by atoms with van der Waals surface area (Å²) in [5, 5.41) is 9.45. The second kappa shape index (κ2) is 6.54. The number of nitrogens with two attached hydrogens (primary N) is 1. The van der Waals surface area contributed by atoms with Crippen molar-refractivity contribution >= 4 is 17.6 Å². The van der Waals surface area contributed by atoms with Gasteiger partial charge in [0, 0.05) is 12.0 Å². The molecular formula is C15H20ClNO4. The first kappa shape index (κ1) is 15.9. The zero-order valence-corrected chi connectivity index (χ0v) is 12.9. The van der Waals surface area contributed by atoms with E-state index < -0.39 is 12.0 Å². The van der Waals surface area contributed by atoms with Crippen LogP contribution in [0, 0.1) is 0 Å². The number of aliphatic carboxylic acids is 1. The Morgan fingerprint density at radius 1 is 1.38 bits per heavy atom. The maximum atomic E-state index is 11.0. The molecule has 2 rings (SSSR count). The molecule has 0 radical (unpaired) electrons. The Labute approximate surface area is 129 Å². The Balaban J connectivity index is 2.52. The molecule has 21 heavy (non-hydrogen) atoms. The van der Waals surface area contributed by atoms with Crippen LogP contribution in [0.2, 0.25) is 5.02 Å². The van der Waals surface area contributed by atoms with E-state index in [9.17, 15) is 4.79 Å². The fraction of sp³-hybridized carbons (Fsp3) is 0.533.